The zero-order valence-electron chi connectivity index (χ0n) is 43.3. The molecule has 0 aromatic heterocycles. The van der Waals surface area contributed by atoms with Crippen molar-refractivity contribution in [2.45, 2.75) is 231 Å². The summed E-state index contributed by atoms with van der Waals surface area (Å²) in [4.78, 5) is 14.8. The van der Waals surface area contributed by atoms with Gasteiger partial charge in [0, 0.05) is 0 Å². The van der Waals surface area contributed by atoms with Crippen molar-refractivity contribution in [3.63, 3.8) is 0 Å². The molecule has 28 nitrogen and oxygen atoms in total. The average Bonchev–Trinajstić information content (AvgIpc) is 3.79. The van der Waals surface area contributed by atoms with E-state index in [0.29, 0.717) is 63.4 Å². The molecule has 1 unspecified atom stereocenters. The van der Waals surface area contributed by atoms with Gasteiger partial charge in [0.1, 0.15) is 122 Å². The Labute approximate surface area is 448 Å². The van der Waals surface area contributed by atoms with Crippen LogP contribution < -0.4 is 0 Å². The molecule has 448 valence electrons. The molecule has 0 radical (unpaired) electrons. The first-order valence-corrected chi connectivity index (χ1v) is 26.9. The third-order valence-corrected chi connectivity index (χ3v) is 19.2. The molecule has 17 N–H and O–H groups in total. The predicted molar refractivity (Wildman–Crippen MR) is 252 cm³/mol. The maximum Gasteiger partial charge on any atom is 0.314 e. The molecule has 5 aliphatic heterocycles. The largest absolute Gasteiger partial charge is 0.432 e. The minimum absolute atomic E-state index is 0.0587. The van der Waals surface area contributed by atoms with Gasteiger partial charge in [-0.2, -0.15) is 0 Å². The summed E-state index contributed by atoms with van der Waals surface area (Å²) in [6.45, 7) is 4.32. The van der Waals surface area contributed by atoms with E-state index in [-0.39, 0.29) is 11.8 Å². The number of esters is 1. The Balaban J connectivity index is 0.951. The van der Waals surface area contributed by atoms with Gasteiger partial charge in [-0.3, -0.25) is 4.79 Å². The number of ether oxygens (including phenoxy) is 10. The fourth-order valence-corrected chi connectivity index (χ4v) is 15.0. The minimum atomic E-state index is -1.99. The van der Waals surface area contributed by atoms with Gasteiger partial charge >= 0.3 is 5.97 Å². The lowest BCUT2D eigenvalue weighted by atomic mass is 9.41. The monoisotopic (exact) mass is 1130 g/mol. The summed E-state index contributed by atoms with van der Waals surface area (Å²) < 4.78 is 59.9. The van der Waals surface area contributed by atoms with Gasteiger partial charge in [0.05, 0.1) is 44.1 Å². The molecule has 4 saturated carbocycles. The van der Waals surface area contributed by atoms with Crippen LogP contribution in [0.2, 0.25) is 0 Å². The molecule has 31 atom stereocenters. The van der Waals surface area contributed by atoms with Crippen LogP contribution in [0.3, 0.4) is 0 Å². The van der Waals surface area contributed by atoms with Gasteiger partial charge < -0.3 is 134 Å². The Morgan fingerprint density at radius 1 is 0.487 bits per heavy atom. The first-order chi connectivity index (χ1) is 36.9. The first-order valence-electron chi connectivity index (χ1n) is 26.9. The Bertz CT molecular complexity index is 2070. The van der Waals surface area contributed by atoms with E-state index in [0.717, 1.165) is 0 Å². The predicted octanol–water partition coefficient (Wildman–Crippen LogP) is -7.29. The lowest BCUT2D eigenvalue weighted by Crippen LogP contribution is -2.68. The lowest BCUT2D eigenvalue weighted by molar-refractivity contribution is -0.400. The van der Waals surface area contributed by atoms with Crippen LogP contribution in [0.15, 0.2) is 12.2 Å². The minimum Gasteiger partial charge on any atom is -0.432 e. The Morgan fingerprint density at radius 3 is 1.41 bits per heavy atom. The lowest BCUT2D eigenvalue weighted by Gasteiger charge is -2.64. The smallest absolute Gasteiger partial charge is 0.314 e. The fourth-order valence-electron chi connectivity index (χ4n) is 15.0. The van der Waals surface area contributed by atoms with Crippen molar-refractivity contribution in [2.75, 3.05) is 33.0 Å². The highest BCUT2D eigenvalue weighted by molar-refractivity contribution is 5.77. The van der Waals surface area contributed by atoms with Crippen molar-refractivity contribution in [1.29, 1.82) is 0 Å². The third-order valence-electron chi connectivity index (χ3n) is 19.2. The number of carbonyl (C=O) groups excluding carboxylic acids is 1. The number of aliphatic hydroxyl groups excluding tert-OH is 17. The molecular formula is C50H80O28. The van der Waals surface area contributed by atoms with E-state index in [9.17, 15) is 91.6 Å². The van der Waals surface area contributed by atoms with Crippen LogP contribution in [0.25, 0.3) is 0 Å². The van der Waals surface area contributed by atoms with Crippen LogP contribution >= 0.6 is 0 Å². The molecule has 1 spiro atoms. The van der Waals surface area contributed by atoms with Gasteiger partial charge in [0.25, 0.3) is 0 Å². The van der Waals surface area contributed by atoms with Gasteiger partial charge in [-0.1, -0.05) is 19.9 Å². The molecule has 5 saturated heterocycles. The number of carbonyl (C=O) groups is 1. The molecule has 9 aliphatic rings. The summed E-state index contributed by atoms with van der Waals surface area (Å²) >= 11 is 0. The highest BCUT2D eigenvalue weighted by Crippen LogP contribution is 2.74. The average molecular weight is 1130 g/mol. The SMILES string of the molecule is C=C1C[C@@]23CC[C@H]4[C@@](C)(CCC[C@@]4(C)C(=O)O[C@@H]4O[C@H](CO)[C@@H](O)[C@H](O[C@@H]5O[C@H](CO)[C@@H](O)[C@H](O)[C@H]5O)[C@H]4O)[C@@H]2CC[C@]1(O[C@@H]1O[C@H](CO)[C@@H](O)[C@H](OC2O[C@H](CO)[C@@H](O)[C@H](O)[C@H]2O)[C@H]1O[C@@H]1O[C@H](CO)[C@@H](O)[C@H](O)[C@H]1O)C3. The van der Waals surface area contributed by atoms with E-state index < -0.39 is 214 Å². The zero-order chi connectivity index (χ0) is 56.7. The normalized spacial score (nSPS) is 54.5. The van der Waals surface area contributed by atoms with E-state index >= 15 is 0 Å². The molecule has 4 aliphatic carbocycles. The summed E-state index contributed by atoms with van der Waals surface area (Å²) in [7, 11) is 0. The van der Waals surface area contributed by atoms with Crippen molar-refractivity contribution >= 4 is 5.97 Å². The van der Waals surface area contributed by atoms with Crippen LogP contribution in [-0.4, -0.2) is 285 Å². The van der Waals surface area contributed by atoms with Crippen LogP contribution in [0.1, 0.15) is 71.6 Å². The van der Waals surface area contributed by atoms with Gasteiger partial charge in [-0.25, -0.2) is 0 Å². The maximum atomic E-state index is 14.8. The fraction of sp³-hybridized carbons (Fsp3) is 0.940. The van der Waals surface area contributed by atoms with E-state index in [1.165, 1.54) is 0 Å². The summed E-state index contributed by atoms with van der Waals surface area (Å²) in [6.07, 6.45) is -39.7. The molecule has 5 heterocycles. The zero-order valence-corrected chi connectivity index (χ0v) is 43.3. The van der Waals surface area contributed by atoms with E-state index in [1.807, 2.05) is 0 Å². The summed E-state index contributed by atoms with van der Waals surface area (Å²) in [5.41, 5.74) is -2.75. The maximum absolute atomic E-state index is 14.8. The van der Waals surface area contributed by atoms with Gasteiger partial charge in [-0.15, -0.1) is 0 Å². The second kappa shape index (κ2) is 23.3. The molecule has 78 heavy (non-hydrogen) atoms. The molecule has 0 aromatic carbocycles. The quantitative estimate of drug-likeness (QED) is 0.0411. The van der Waals surface area contributed by atoms with Crippen LogP contribution in [0.4, 0.5) is 0 Å². The van der Waals surface area contributed by atoms with E-state index in [4.69, 9.17) is 47.4 Å². The number of hydrogen-bond donors (Lipinski definition) is 17. The summed E-state index contributed by atoms with van der Waals surface area (Å²) in [5, 5.41) is 181. The van der Waals surface area contributed by atoms with Crippen LogP contribution in [0.5, 0.6) is 0 Å². The topological polar surface area (TPSA) is 453 Å². The van der Waals surface area contributed by atoms with Gasteiger partial charge in [0.15, 0.2) is 25.2 Å². The number of aliphatic hydroxyl groups is 17. The molecule has 2 bridgehead atoms. The number of rotatable bonds is 15. The molecular weight excluding hydrogens is 1050 g/mol. The highest BCUT2D eigenvalue weighted by atomic mass is 16.8. The van der Waals surface area contributed by atoms with E-state index in [2.05, 4.69) is 13.5 Å². The molecule has 0 amide bonds. The first kappa shape index (κ1) is 60.8. The Morgan fingerprint density at radius 2 is 0.910 bits per heavy atom. The second-order valence-corrected chi connectivity index (χ2v) is 23.6. The van der Waals surface area contributed by atoms with Crippen molar-refractivity contribution in [3.8, 4) is 0 Å². The Hall–Kier alpha value is -1.83. The number of fused-ring (bicyclic) bond motifs is 3. The summed E-state index contributed by atoms with van der Waals surface area (Å²) in [6, 6.07) is 0. The van der Waals surface area contributed by atoms with Crippen molar-refractivity contribution < 1.29 is 139 Å². The molecule has 9 rings (SSSR count). The van der Waals surface area contributed by atoms with Crippen molar-refractivity contribution in [2.24, 2.45) is 28.1 Å². The second-order valence-electron chi connectivity index (χ2n) is 23.6. The molecule has 9 fully saturated rings. The molecule has 28 heteroatoms. The standard InChI is InChI=1S/C50H80O28/c1-18-11-49-9-5-24-47(2,7-4-8-48(24,3)46(68)77-44-37(67)38(29(59)22(15-54)72-44)74-41-34(64)31(61)26(56)19(12-51)69-41)25(49)6-10-50(18,17-49)78-45-40(76-43-36(66)33(63)28(58)21(14-53)71-43)39(30(60)23(16-55)73-45)75-42-35(65)32(62)27(57)20(13-52)70-42/h19-45,51-67H,1,4-17H2,2-3H3/t19-,20-,21-,22-,23-,24+,25+,26-,27-,28-,29-,30-,31+,32+,33+,34-,35-,36-,37-,38+,39+,40-,41+,42?,43+,44+,45+,47-,48-,49-,50+/m1/s1. The van der Waals surface area contributed by atoms with Crippen molar-refractivity contribution in [1.82, 2.24) is 0 Å². The van der Waals surface area contributed by atoms with E-state index in [1.54, 1.807) is 6.92 Å². The van der Waals surface area contributed by atoms with Gasteiger partial charge in [0.2, 0.25) is 6.29 Å². The van der Waals surface area contributed by atoms with Crippen LogP contribution in [0, 0.1) is 28.1 Å². The Kier molecular flexibility index (Phi) is 18.2. The molecule has 0 aromatic rings. The number of hydrogen-bond acceptors (Lipinski definition) is 28. The van der Waals surface area contributed by atoms with Crippen molar-refractivity contribution in [3.05, 3.63) is 12.2 Å². The highest BCUT2D eigenvalue weighted by Gasteiger charge is 2.70. The summed E-state index contributed by atoms with van der Waals surface area (Å²) in [5.74, 6) is -1.10. The van der Waals surface area contributed by atoms with Gasteiger partial charge in [-0.05, 0) is 86.5 Å². The van der Waals surface area contributed by atoms with Crippen LogP contribution in [-0.2, 0) is 52.2 Å². The third kappa shape index (κ3) is 10.3.